The van der Waals surface area contributed by atoms with Crippen LogP contribution < -0.4 is 4.74 Å². The van der Waals surface area contributed by atoms with Crippen molar-refractivity contribution in [2.45, 2.75) is 50.5 Å². The van der Waals surface area contributed by atoms with Crippen LogP contribution in [-0.4, -0.2) is 36.4 Å². The van der Waals surface area contributed by atoms with Gasteiger partial charge in [0.2, 0.25) is 0 Å². The second kappa shape index (κ2) is 8.31. The minimum atomic E-state index is 0.0338. The first-order valence-corrected chi connectivity index (χ1v) is 11.3. The first-order valence-electron chi connectivity index (χ1n) is 11.3. The van der Waals surface area contributed by atoms with E-state index in [1.807, 2.05) is 42.5 Å². The van der Waals surface area contributed by atoms with Crippen molar-refractivity contribution < 1.29 is 9.53 Å². The molecule has 1 aliphatic heterocycles. The van der Waals surface area contributed by atoms with Crippen LogP contribution in [0.5, 0.6) is 5.75 Å². The zero-order chi connectivity index (χ0) is 19.6. The molecule has 29 heavy (non-hydrogen) atoms. The lowest BCUT2D eigenvalue weighted by Gasteiger charge is -2.40. The van der Waals surface area contributed by atoms with Crippen LogP contribution in [0.3, 0.4) is 0 Å². The lowest BCUT2D eigenvalue weighted by molar-refractivity contribution is 0.0917. The van der Waals surface area contributed by atoms with Crippen LogP contribution in [0.25, 0.3) is 0 Å². The van der Waals surface area contributed by atoms with Crippen LogP contribution in [-0.2, 0) is 0 Å². The molecule has 1 saturated heterocycles. The van der Waals surface area contributed by atoms with Crippen molar-refractivity contribution in [2.24, 2.45) is 11.8 Å². The molecule has 3 aliphatic rings. The fraction of sp³-hybridized carbons (Fsp3) is 0.500. The number of piperidine rings is 1. The highest BCUT2D eigenvalue weighted by Crippen LogP contribution is 2.47. The van der Waals surface area contributed by atoms with E-state index in [0.717, 1.165) is 23.6 Å². The summed E-state index contributed by atoms with van der Waals surface area (Å²) in [5.41, 5.74) is 1.99. The summed E-state index contributed by atoms with van der Waals surface area (Å²) in [6, 6.07) is 18.6. The SMILES string of the molecule is O=C(COc1ccccc1C1CCN([C@H]2C[C@H]3CC[C@H]2C3)CC1)c1ccccc1. The number of carbonyl (C=O) groups excluding carboxylic acids is 1. The minimum Gasteiger partial charge on any atom is -0.485 e. The maximum absolute atomic E-state index is 12.4. The highest BCUT2D eigenvalue weighted by Gasteiger charge is 2.43. The average Bonchev–Trinajstić information content (AvgIpc) is 3.42. The average molecular weight is 390 g/mol. The van der Waals surface area contributed by atoms with Gasteiger partial charge in [0.1, 0.15) is 5.75 Å². The van der Waals surface area contributed by atoms with Gasteiger partial charge in [-0.25, -0.2) is 0 Å². The van der Waals surface area contributed by atoms with Gasteiger partial charge in [-0.1, -0.05) is 55.0 Å². The van der Waals surface area contributed by atoms with Crippen LogP contribution in [0.15, 0.2) is 54.6 Å². The molecular formula is C26H31NO2. The fourth-order valence-electron chi connectivity index (χ4n) is 6.00. The molecule has 2 saturated carbocycles. The van der Waals surface area contributed by atoms with Crippen molar-refractivity contribution in [3.8, 4) is 5.75 Å². The van der Waals surface area contributed by atoms with E-state index in [0.29, 0.717) is 11.5 Å². The number of para-hydroxylation sites is 1. The Labute approximate surface area is 174 Å². The number of benzene rings is 2. The molecular weight excluding hydrogens is 358 g/mol. The van der Waals surface area contributed by atoms with Crippen molar-refractivity contribution in [1.29, 1.82) is 0 Å². The fourth-order valence-corrected chi connectivity index (χ4v) is 6.00. The molecule has 0 unspecified atom stereocenters. The van der Waals surface area contributed by atoms with Gasteiger partial charge in [-0.2, -0.15) is 0 Å². The molecule has 3 heteroatoms. The summed E-state index contributed by atoms with van der Waals surface area (Å²) in [6.45, 7) is 2.51. The molecule has 0 spiro atoms. The van der Waals surface area contributed by atoms with E-state index in [1.54, 1.807) is 0 Å². The van der Waals surface area contributed by atoms with Gasteiger partial charge in [0.15, 0.2) is 12.4 Å². The maximum Gasteiger partial charge on any atom is 0.200 e. The monoisotopic (exact) mass is 389 g/mol. The molecule has 0 N–H and O–H groups in total. The Morgan fingerprint density at radius 3 is 2.38 bits per heavy atom. The molecule has 2 bridgehead atoms. The molecule has 0 radical (unpaired) electrons. The predicted molar refractivity (Wildman–Crippen MR) is 115 cm³/mol. The number of rotatable bonds is 6. The van der Waals surface area contributed by atoms with Gasteiger partial charge in [-0.15, -0.1) is 0 Å². The summed E-state index contributed by atoms with van der Waals surface area (Å²) < 4.78 is 6.01. The van der Waals surface area contributed by atoms with Gasteiger partial charge in [0.05, 0.1) is 0 Å². The van der Waals surface area contributed by atoms with Crippen molar-refractivity contribution in [3.05, 3.63) is 65.7 Å². The lowest BCUT2D eigenvalue weighted by atomic mass is 9.86. The molecule has 2 aromatic carbocycles. The van der Waals surface area contributed by atoms with Crippen LogP contribution in [0, 0.1) is 11.8 Å². The van der Waals surface area contributed by atoms with Crippen molar-refractivity contribution >= 4 is 5.78 Å². The van der Waals surface area contributed by atoms with E-state index in [-0.39, 0.29) is 12.4 Å². The molecule has 3 fully saturated rings. The second-order valence-corrected chi connectivity index (χ2v) is 9.17. The molecule has 152 valence electrons. The summed E-state index contributed by atoms with van der Waals surface area (Å²) in [5, 5.41) is 0. The normalized spacial score (nSPS) is 27.2. The Hall–Kier alpha value is -2.13. The van der Waals surface area contributed by atoms with E-state index in [4.69, 9.17) is 4.74 Å². The summed E-state index contributed by atoms with van der Waals surface area (Å²) in [7, 11) is 0. The molecule has 5 rings (SSSR count). The molecule has 1 heterocycles. The van der Waals surface area contributed by atoms with Crippen molar-refractivity contribution in [3.63, 3.8) is 0 Å². The Kier molecular flexibility index (Phi) is 5.41. The largest absolute Gasteiger partial charge is 0.485 e. The number of likely N-dealkylation sites (tertiary alicyclic amines) is 1. The van der Waals surface area contributed by atoms with Gasteiger partial charge in [0.25, 0.3) is 0 Å². The Bertz CT molecular complexity index is 841. The Balaban J connectivity index is 1.20. The zero-order valence-electron chi connectivity index (χ0n) is 17.1. The minimum absolute atomic E-state index is 0.0338. The number of hydrogen-bond donors (Lipinski definition) is 0. The highest BCUT2D eigenvalue weighted by atomic mass is 16.5. The molecule has 2 aromatic rings. The van der Waals surface area contributed by atoms with Crippen LogP contribution >= 0.6 is 0 Å². The summed E-state index contributed by atoms with van der Waals surface area (Å²) in [4.78, 5) is 15.2. The van der Waals surface area contributed by atoms with E-state index >= 15 is 0 Å². The topological polar surface area (TPSA) is 29.5 Å². The summed E-state index contributed by atoms with van der Waals surface area (Å²) in [5.74, 6) is 3.43. The molecule has 0 aromatic heterocycles. The smallest absolute Gasteiger partial charge is 0.200 e. The third kappa shape index (κ3) is 3.98. The summed E-state index contributed by atoms with van der Waals surface area (Å²) >= 11 is 0. The molecule has 0 amide bonds. The maximum atomic E-state index is 12.4. The van der Waals surface area contributed by atoms with E-state index in [9.17, 15) is 4.79 Å². The molecule has 3 nitrogen and oxygen atoms in total. The molecule has 2 aliphatic carbocycles. The van der Waals surface area contributed by atoms with Crippen LogP contribution in [0.2, 0.25) is 0 Å². The number of fused-ring (bicyclic) bond motifs is 2. The number of ether oxygens (including phenoxy) is 1. The van der Waals surface area contributed by atoms with Crippen LogP contribution in [0.1, 0.15) is 60.4 Å². The van der Waals surface area contributed by atoms with Gasteiger partial charge in [-0.3, -0.25) is 4.79 Å². The van der Waals surface area contributed by atoms with Crippen molar-refractivity contribution in [2.75, 3.05) is 19.7 Å². The van der Waals surface area contributed by atoms with E-state index < -0.39 is 0 Å². The number of nitrogens with zero attached hydrogens (tertiary/aromatic N) is 1. The third-order valence-electron chi connectivity index (χ3n) is 7.51. The number of Topliss-reactive ketones (excluding diaryl/α,β-unsaturated/α-hetero) is 1. The predicted octanol–water partition coefficient (Wildman–Crippen LogP) is 5.32. The van der Waals surface area contributed by atoms with Gasteiger partial charge in [-0.05, 0) is 74.6 Å². The standard InChI is InChI=1S/C26H31NO2/c28-25(21-6-2-1-3-7-21)18-29-26-9-5-4-8-23(26)20-12-14-27(15-13-20)24-17-19-10-11-22(24)16-19/h1-9,19-20,22,24H,10-18H2/t19-,22-,24-/m0/s1. The van der Waals surface area contributed by atoms with Crippen LogP contribution in [0.4, 0.5) is 0 Å². The van der Waals surface area contributed by atoms with Gasteiger partial charge >= 0.3 is 0 Å². The number of hydrogen-bond acceptors (Lipinski definition) is 3. The van der Waals surface area contributed by atoms with Gasteiger partial charge < -0.3 is 9.64 Å². The Morgan fingerprint density at radius 2 is 1.66 bits per heavy atom. The first-order chi connectivity index (χ1) is 14.3. The second-order valence-electron chi connectivity index (χ2n) is 9.17. The summed E-state index contributed by atoms with van der Waals surface area (Å²) in [6.07, 6.45) is 8.25. The quantitative estimate of drug-likeness (QED) is 0.627. The Morgan fingerprint density at radius 1 is 0.897 bits per heavy atom. The zero-order valence-corrected chi connectivity index (χ0v) is 17.1. The lowest BCUT2D eigenvalue weighted by Crippen LogP contribution is -2.43. The van der Waals surface area contributed by atoms with Crippen molar-refractivity contribution in [1.82, 2.24) is 4.90 Å². The van der Waals surface area contributed by atoms with E-state index in [2.05, 4.69) is 17.0 Å². The number of carbonyl (C=O) groups is 1. The third-order valence-corrected chi connectivity index (χ3v) is 7.51. The highest BCUT2D eigenvalue weighted by molar-refractivity contribution is 5.97. The first kappa shape index (κ1) is 18.9. The van der Waals surface area contributed by atoms with Gasteiger partial charge in [0, 0.05) is 11.6 Å². The number of ketones is 1. The van der Waals surface area contributed by atoms with E-state index in [1.165, 1.54) is 57.2 Å². The molecule has 3 atom stereocenters.